The van der Waals surface area contributed by atoms with Crippen molar-refractivity contribution in [3.63, 3.8) is 0 Å². The Morgan fingerprint density at radius 3 is 1.75 bits per heavy atom. The number of carbonyl (C=O) groups excluding carboxylic acids is 2. The third-order valence-electron chi connectivity index (χ3n) is 0.714. The van der Waals surface area contributed by atoms with Crippen molar-refractivity contribution in [3.8, 4) is 0 Å². The maximum atomic E-state index is 10.2. The Balaban J connectivity index is 0. The molecule has 0 amide bonds. The van der Waals surface area contributed by atoms with Gasteiger partial charge in [0.2, 0.25) is 0 Å². The molecule has 45 valence electrons. The summed E-state index contributed by atoms with van der Waals surface area (Å²) in [5, 5.41) is 0. The normalized spacial score (nSPS) is 7.25. The van der Waals surface area contributed by atoms with E-state index >= 15 is 0 Å². The third-order valence-corrected chi connectivity index (χ3v) is 0.714. The molecule has 0 aromatic carbocycles. The van der Waals surface area contributed by atoms with Crippen LogP contribution in [0, 0.1) is 0 Å². The Labute approximate surface area is 67.8 Å². The second-order valence-corrected chi connectivity index (χ2v) is 1.33. The number of hydrogen-bond donors (Lipinski definition) is 0. The average Bonchev–Trinajstić information content (AvgIpc) is 1.65. The van der Waals surface area contributed by atoms with Crippen LogP contribution in [0.15, 0.2) is 0 Å². The van der Waals surface area contributed by atoms with E-state index in [0.717, 1.165) is 0 Å². The molecule has 0 N–H and O–H groups in total. The number of carbonyl (C=O) groups is 2. The predicted octanol–water partition coefficient (Wildman–Crippen LogP) is 0.174. The van der Waals surface area contributed by atoms with Crippen LogP contribution in [0.2, 0.25) is 0 Å². The molecule has 0 atom stereocenters. The van der Waals surface area contributed by atoms with E-state index < -0.39 is 0 Å². The molecule has 0 bridgehead atoms. The summed E-state index contributed by atoms with van der Waals surface area (Å²) < 4.78 is 0. The van der Waals surface area contributed by atoms with E-state index in [1.807, 2.05) is 0 Å². The molecule has 8 heavy (non-hydrogen) atoms. The Morgan fingerprint density at radius 2 is 1.75 bits per heavy atom. The topological polar surface area (TPSA) is 34.1 Å². The van der Waals surface area contributed by atoms with Crippen LogP contribution in [0.3, 0.4) is 0 Å². The molecular weight excluding hydrogens is 301 g/mol. The zero-order valence-corrected chi connectivity index (χ0v) is 8.45. The van der Waals surface area contributed by atoms with Gasteiger partial charge >= 0.3 is 0 Å². The van der Waals surface area contributed by atoms with Gasteiger partial charge in [0.1, 0.15) is 0 Å². The Bertz CT molecular complexity index is 98.6. The zero-order chi connectivity index (χ0) is 5.86. The van der Waals surface area contributed by atoms with Gasteiger partial charge in [-0.2, -0.15) is 0 Å². The Kier molecular flexibility index (Phi) is 7.42. The van der Waals surface area contributed by atoms with E-state index in [9.17, 15) is 9.59 Å². The minimum Gasteiger partial charge on any atom is -0.291 e. The maximum absolute atomic E-state index is 10.2. The van der Waals surface area contributed by atoms with Crippen molar-refractivity contribution in [3.05, 3.63) is 0 Å². The van der Waals surface area contributed by atoms with Crippen molar-refractivity contribution in [1.29, 1.82) is 0 Å². The van der Waals surface area contributed by atoms with Crippen LogP contribution in [0.1, 0.15) is 20.3 Å². The molecule has 0 aromatic heterocycles. The van der Waals surface area contributed by atoms with Crippen molar-refractivity contribution in [2.24, 2.45) is 0 Å². The molecule has 3 heteroatoms. The Morgan fingerprint density at radius 1 is 1.38 bits per heavy atom. The van der Waals surface area contributed by atoms with Crippen LogP contribution in [-0.2, 0) is 9.59 Å². The van der Waals surface area contributed by atoms with Crippen LogP contribution in [0.25, 0.3) is 0 Å². The van der Waals surface area contributed by atoms with Crippen molar-refractivity contribution in [2.45, 2.75) is 20.3 Å². The van der Waals surface area contributed by atoms with Crippen LogP contribution in [0.4, 0.5) is 0 Å². The molecule has 0 aromatic rings. The maximum Gasteiger partial charge on any atom is 0.197 e. The smallest absolute Gasteiger partial charge is 0.197 e. The SMILES string of the molecule is CCC(=O)C(C)=O.[Bi]. The zero-order valence-electron chi connectivity index (χ0n) is 4.97. The first kappa shape index (κ1) is 11.1. The summed E-state index contributed by atoms with van der Waals surface area (Å²) in [5.41, 5.74) is 0. The van der Waals surface area contributed by atoms with Crippen LogP contribution >= 0.6 is 0 Å². The van der Waals surface area contributed by atoms with E-state index in [1.165, 1.54) is 6.92 Å². The molecule has 0 rings (SSSR count). The second-order valence-electron chi connectivity index (χ2n) is 1.33. The fourth-order valence-corrected chi connectivity index (χ4v) is 0.249. The van der Waals surface area contributed by atoms with Gasteiger partial charge in [0.05, 0.1) is 0 Å². The summed E-state index contributed by atoms with van der Waals surface area (Å²) >= 11 is 0. The van der Waals surface area contributed by atoms with E-state index in [1.54, 1.807) is 6.92 Å². The molecule has 3 radical (unpaired) electrons. The van der Waals surface area contributed by atoms with Gasteiger partial charge in [-0.25, -0.2) is 0 Å². The van der Waals surface area contributed by atoms with Gasteiger partial charge in [-0.1, -0.05) is 6.92 Å². The third kappa shape index (κ3) is 4.38. The van der Waals surface area contributed by atoms with Crippen molar-refractivity contribution in [1.82, 2.24) is 0 Å². The minimum absolute atomic E-state index is 0. The summed E-state index contributed by atoms with van der Waals surface area (Å²) in [6.07, 6.45) is 0.329. The summed E-state index contributed by atoms with van der Waals surface area (Å²) in [6.45, 7) is 2.95. The minimum atomic E-state index is -0.345. The molecular formula is C5H8BiO2. The fourth-order valence-electron chi connectivity index (χ4n) is 0.249. The standard InChI is InChI=1S/C5H8O2.Bi/c1-3-5(7)4(2)6;/h3H2,1-2H3;. The van der Waals surface area contributed by atoms with Gasteiger partial charge in [-0.3, -0.25) is 9.59 Å². The summed E-state index contributed by atoms with van der Waals surface area (Å²) in [4.78, 5) is 20.2. The average molecular weight is 309 g/mol. The second kappa shape index (κ2) is 5.36. The van der Waals surface area contributed by atoms with Gasteiger partial charge in [-0.05, 0) is 0 Å². The molecule has 0 fully saturated rings. The molecule has 0 unspecified atom stereocenters. The van der Waals surface area contributed by atoms with Gasteiger partial charge in [-0.15, -0.1) is 0 Å². The number of rotatable bonds is 2. The molecule has 0 spiro atoms. The van der Waals surface area contributed by atoms with E-state index in [0.29, 0.717) is 6.42 Å². The van der Waals surface area contributed by atoms with Crippen molar-refractivity contribution in [2.75, 3.05) is 0 Å². The summed E-state index contributed by atoms with van der Waals surface area (Å²) in [5.74, 6) is -0.637. The number of Topliss-reactive ketones (excluding diaryl/α,β-unsaturated/α-hetero) is 2. The summed E-state index contributed by atoms with van der Waals surface area (Å²) in [7, 11) is 0. The largest absolute Gasteiger partial charge is 0.291 e. The van der Waals surface area contributed by atoms with E-state index in [-0.39, 0.29) is 37.8 Å². The predicted molar refractivity (Wildman–Crippen MR) is 31.7 cm³/mol. The van der Waals surface area contributed by atoms with Gasteiger partial charge in [0.15, 0.2) is 11.6 Å². The van der Waals surface area contributed by atoms with E-state index in [4.69, 9.17) is 0 Å². The molecule has 2 nitrogen and oxygen atoms in total. The van der Waals surface area contributed by atoms with E-state index in [2.05, 4.69) is 0 Å². The van der Waals surface area contributed by atoms with Gasteiger partial charge in [0, 0.05) is 39.5 Å². The quantitative estimate of drug-likeness (QED) is 0.538. The number of hydrogen-bond acceptors (Lipinski definition) is 2. The molecule has 0 heterocycles. The molecule has 0 aliphatic heterocycles. The first-order valence-corrected chi connectivity index (χ1v) is 2.22. The molecule has 0 aliphatic carbocycles. The van der Waals surface area contributed by atoms with Crippen molar-refractivity contribution < 1.29 is 9.59 Å². The molecule has 0 saturated heterocycles. The monoisotopic (exact) mass is 309 g/mol. The van der Waals surface area contributed by atoms with Crippen LogP contribution < -0.4 is 0 Å². The van der Waals surface area contributed by atoms with Crippen LogP contribution in [-0.4, -0.2) is 37.8 Å². The first-order valence-electron chi connectivity index (χ1n) is 2.22. The number of ketones is 2. The summed E-state index contributed by atoms with van der Waals surface area (Å²) in [6, 6.07) is 0. The van der Waals surface area contributed by atoms with Gasteiger partial charge in [0.25, 0.3) is 0 Å². The first-order chi connectivity index (χ1) is 3.18. The fraction of sp³-hybridized carbons (Fsp3) is 0.600. The molecule has 0 aliphatic rings. The van der Waals surface area contributed by atoms with Crippen molar-refractivity contribution >= 4 is 37.8 Å². The van der Waals surface area contributed by atoms with Gasteiger partial charge < -0.3 is 0 Å². The Hall–Kier alpha value is 0.223. The van der Waals surface area contributed by atoms with Crippen LogP contribution in [0.5, 0.6) is 0 Å². The molecule has 0 saturated carbocycles.